The first kappa shape index (κ1) is 11.1. The normalized spacial score (nSPS) is 9.60. The Balaban J connectivity index is 2.68. The number of rotatable bonds is 5. The Morgan fingerprint density at radius 1 is 1.20 bits per heavy atom. The summed E-state index contributed by atoms with van der Waals surface area (Å²) in [7, 11) is 0. The van der Waals surface area contributed by atoms with Crippen molar-refractivity contribution in [1.82, 2.24) is 0 Å². The van der Waals surface area contributed by atoms with Gasteiger partial charge in [-0.3, -0.25) is 14.4 Å². The molecule has 0 aliphatic heterocycles. The van der Waals surface area contributed by atoms with Crippen molar-refractivity contribution >= 4 is 18.0 Å². The third-order valence-corrected chi connectivity index (χ3v) is 1.97. The van der Waals surface area contributed by atoms with Gasteiger partial charge in [-0.25, -0.2) is 0 Å². The minimum atomic E-state index is -0.858. The van der Waals surface area contributed by atoms with E-state index in [9.17, 15) is 14.4 Å². The lowest BCUT2D eigenvalue weighted by atomic mass is 10.1. The predicted molar refractivity (Wildman–Crippen MR) is 52.8 cm³/mol. The first-order chi connectivity index (χ1) is 7.13. The first-order valence-corrected chi connectivity index (χ1v) is 4.43. The van der Waals surface area contributed by atoms with E-state index in [0.717, 1.165) is 5.56 Å². The monoisotopic (exact) mass is 206 g/mol. The highest BCUT2D eigenvalue weighted by Gasteiger charge is 2.04. The first-order valence-electron chi connectivity index (χ1n) is 4.43. The minimum Gasteiger partial charge on any atom is -0.481 e. The molecular weight excluding hydrogens is 196 g/mol. The summed E-state index contributed by atoms with van der Waals surface area (Å²) in [5.41, 5.74) is 1.16. The molecule has 0 heterocycles. The molecule has 4 heteroatoms. The Kier molecular flexibility index (Phi) is 3.74. The number of aryl methyl sites for hydroxylation is 1. The molecule has 1 N–H and O–H groups in total. The summed E-state index contributed by atoms with van der Waals surface area (Å²) >= 11 is 0. The molecular formula is C11H10O4. The van der Waals surface area contributed by atoms with Gasteiger partial charge in [0.2, 0.25) is 5.78 Å². The number of hydrogen-bond donors (Lipinski definition) is 1. The van der Waals surface area contributed by atoms with Gasteiger partial charge in [-0.05, 0) is 12.0 Å². The van der Waals surface area contributed by atoms with Gasteiger partial charge in [0.25, 0.3) is 0 Å². The van der Waals surface area contributed by atoms with E-state index < -0.39 is 11.8 Å². The second-order valence-electron chi connectivity index (χ2n) is 3.07. The van der Waals surface area contributed by atoms with Crippen LogP contribution in [0.25, 0.3) is 0 Å². The van der Waals surface area contributed by atoms with Crippen LogP contribution in [0, 0.1) is 0 Å². The van der Waals surface area contributed by atoms with Crippen LogP contribution in [0.1, 0.15) is 22.3 Å². The Morgan fingerprint density at radius 2 is 1.80 bits per heavy atom. The van der Waals surface area contributed by atoms with E-state index in [1.165, 1.54) is 12.1 Å². The van der Waals surface area contributed by atoms with Crippen molar-refractivity contribution in [1.29, 1.82) is 0 Å². The van der Waals surface area contributed by atoms with Crippen molar-refractivity contribution in [3.8, 4) is 0 Å². The highest BCUT2D eigenvalue weighted by molar-refractivity contribution is 6.33. The van der Waals surface area contributed by atoms with E-state index in [-0.39, 0.29) is 12.7 Å². The van der Waals surface area contributed by atoms with Gasteiger partial charge in [0.15, 0.2) is 6.29 Å². The highest BCUT2D eigenvalue weighted by Crippen LogP contribution is 2.06. The number of ketones is 1. The zero-order chi connectivity index (χ0) is 11.3. The topological polar surface area (TPSA) is 71.4 Å². The fourth-order valence-corrected chi connectivity index (χ4v) is 1.15. The number of benzene rings is 1. The van der Waals surface area contributed by atoms with Gasteiger partial charge < -0.3 is 5.11 Å². The summed E-state index contributed by atoms with van der Waals surface area (Å²) in [6, 6.07) is 6.35. The van der Waals surface area contributed by atoms with Crippen LogP contribution < -0.4 is 0 Å². The second kappa shape index (κ2) is 5.05. The molecule has 0 atom stereocenters. The molecule has 0 fully saturated rings. The number of Topliss-reactive ketones (excluding diaryl/α,β-unsaturated/α-hetero) is 1. The molecule has 0 saturated carbocycles. The average Bonchev–Trinajstić information content (AvgIpc) is 2.26. The van der Waals surface area contributed by atoms with Gasteiger partial charge in [-0.1, -0.05) is 24.3 Å². The molecule has 1 aromatic carbocycles. The number of carbonyl (C=O) groups excluding carboxylic acids is 2. The fourth-order valence-electron chi connectivity index (χ4n) is 1.15. The van der Waals surface area contributed by atoms with Crippen LogP contribution >= 0.6 is 0 Å². The maximum absolute atomic E-state index is 10.9. The van der Waals surface area contributed by atoms with Crippen LogP contribution in [0.3, 0.4) is 0 Å². The predicted octanol–water partition coefficient (Wildman–Crippen LogP) is 1.09. The Labute approximate surface area is 86.5 Å². The third kappa shape index (κ3) is 3.34. The number of aldehydes is 1. The SMILES string of the molecule is O=CC(=O)c1ccc(CCC(=O)O)cc1. The van der Waals surface area contributed by atoms with E-state index in [1.54, 1.807) is 12.1 Å². The van der Waals surface area contributed by atoms with Crippen LogP contribution in [-0.4, -0.2) is 23.1 Å². The highest BCUT2D eigenvalue weighted by atomic mass is 16.4. The molecule has 0 unspecified atom stereocenters. The molecule has 0 amide bonds. The number of carboxylic acids is 1. The quantitative estimate of drug-likeness (QED) is 0.444. The summed E-state index contributed by atoms with van der Waals surface area (Å²) in [4.78, 5) is 31.4. The molecule has 4 nitrogen and oxygen atoms in total. The van der Waals surface area contributed by atoms with Gasteiger partial charge in [0, 0.05) is 12.0 Å². The van der Waals surface area contributed by atoms with Gasteiger partial charge in [0.05, 0.1) is 0 Å². The van der Waals surface area contributed by atoms with Crippen molar-refractivity contribution in [3.05, 3.63) is 35.4 Å². The largest absolute Gasteiger partial charge is 0.481 e. The number of carbonyl (C=O) groups is 3. The van der Waals surface area contributed by atoms with Crippen molar-refractivity contribution in [3.63, 3.8) is 0 Å². The van der Waals surface area contributed by atoms with E-state index in [1.807, 2.05) is 0 Å². The molecule has 0 aromatic heterocycles. The molecule has 1 aromatic rings. The average molecular weight is 206 g/mol. The standard InChI is InChI=1S/C11H10O4/c12-7-10(13)9-4-1-8(2-5-9)3-6-11(14)15/h1-2,4-5,7H,3,6H2,(H,14,15). The van der Waals surface area contributed by atoms with Gasteiger partial charge in [0.1, 0.15) is 0 Å². The Hall–Kier alpha value is -1.97. The third-order valence-electron chi connectivity index (χ3n) is 1.97. The van der Waals surface area contributed by atoms with Crippen LogP contribution in [0.2, 0.25) is 0 Å². The number of carboxylic acid groups (broad SMARTS) is 1. The van der Waals surface area contributed by atoms with Crippen molar-refractivity contribution < 1.29 is 19.5 Å². The smallest absolute Gasteiger partial charge is 0.303 e. The molecule has 0 aliphatic carbocycles. The van der Waals surface area contributed by atoms with Crippen molar-refractivity contribution in [2.75, 3.05) is 0 Å². The Bertz CT molecular complexity index is 378. The summed E-state index contributed by atoms with van der Waals surface area (Å²) in [6.45, 7) is 0. The maximum Gasteiger partial charge on any atom is 0.303 e. The number of hydrogen-bond acceptors (Lipinski definition) is 3. The maximum atomic E-state index is 10.9. The van der Waals surface area contributed by atoms with Gasteiger partial charge in [-0.2, -0.15) is 0 Å². The zero-order valence-electron chi connectivity index (χ0n) is 7.97. The van der Waals surface area contributed by atoms with E-state index in [0.29, 0.717) is 12.0 Å². The molecule has 0 saturated heterocycles. The minimum absolute atomic E-state index is 0.0565. The molecule has 78 valence electrons. The van der Waals surface area contributed by atoms with E-state index >= 15 is 0 Å². The lowest BCUT2D eigenvalue weighted by Gasteiger charge is -1.99. The lowest BCUT2D eigenvalue weighted by Crippen LogP contribution is -2.01. The van der Waals surface area contributed by atoms with Gasteiger partial charge >= 0.3 is 5.97 Å². The second-order valence-corrected chi connectivity index (χ2v) is 3.07. The zero-order valence-corrected chi connectivity index (χ0v) is 7.97. The molecule has 0 aliphatic rings. The molecule has 0 bridgehead atoms. The summed E-state index contributed by atoms with van der Waals surface area (Å²) in [6.07, 6.45) is 0.734. The fraction of sp³-hybridized carbons (Fsp3) is 0.182. The summed E-state index contributed by atoms with van der Waals surface area (Å²) in [5, 5.41) is 8.46. The van der Waals surface area contributed by atoms with Crippen LogP contribution in [0.4, 0.5) is 0 Å². The van der Waals surface area contributed by atoms with Crippen LogP contribution in [0.5, 0.6) is 0 Å². The summed E-state index contributed by atoms with van der Waals surface area (Å²) in [5.74, 6) is -1.43. The Morgan fingerprint density at radius 3 is 2.27 bits per heavy atom. The number of aliphatic carboxylic acids is 1. The molecule has 1 rings (SSSR count). The van der Waals surface area contributed by atoms with Gasteiger partial charge in [-0.15, -0.1) is 0 Å². The van der Waals surface area contributed by atoms with Crippen LogP contribution in [0.15, 0.2) is 24.3 Å². The van der Waals surface area contributed by atoms with E-state index in [4.69, 9.17) is 5.11 Å². The van der Waals surface area contributed by atoms with Crippen molar-refractivity contribution in [2.24, 2.45) is 0 Å². The van der Waals surface area contributed by atoms with Crippen LogP contribution in [-0.2, 0) is 16.0 Å². The van der Waals surface area contributed by atoms with E-state index in [2.05, 4.69) is 0 Å². The molecule has 0 radical (unpaired) electrons. The molecule has 0 spiro atoms. The van der Waals surface area contributed by atoms with Crippen molar-refractivity contribution in [2.45, 2.75) is 12.8 Å². The lowest BCUT2D eigenvalue weighted by molar-refractivity contribution is -0.136. The summed E-state index contributed by atoms with van der Waals surface area (Å²) < 4.78 is 0. The molecule has 15 heavy (non-hydrogen) atoms.